The molecular formula is C21H12Cl2FNO2S3. The van der Waals surface area contributed by atoms with Gasteiger partial charge >= 0.3 is 0 Å². The van der Waals surface area contributed by atoms with Gasteiger partial charge in [-0.05, 0) is 66.4 Å². The van der Waals surface area contributed by atoms with E-state index in [9.17, 15) is 14.0 Å². The largest absolute Gasteiger partial charge is 0.293 e. The van der Waals surface area contributed by atoms with E-state index in [1.165, 1.54) is 29.5 Å². The van der Waals surface area contributed by atoms with Crippen molar-refractivity contribution in [1.29, 1.82) is 0 Å². The molecule has 152 valence electrons. The van der Waals surface area contributed by atoms with Gasteiger partial charge in [0, 0.05) is 25.4 Å². The second-order valence-electron chi connectivity index (χ2n) is 6.18. The van der Waals surface area contributed by atoms with Crippen molar-refractivity contribution in [1.82, 2.24) is 4.90 Å². The lowest BCUT2D eigenvalue weighted by molar-refractivity contribution is -0.123. The molecule has 1 aliphatic rings. The van der Waals surface area contributed by atoms with Crippen LogP contribution in [0.15, 0.2) is 68.6 Å². The predicted molar refractivity (Wildman–Crippen MR) is 123 cm³/mol. The average molecular weight is 496 g/mol. The second-order valence-corrected chi connectivity index (χ2v) is 10.5. The zero-order chi connectivity index (χ0) is 21.3. The third-order valence-corrected chi connectivity index (χ3v) is 7.84. The molecule has 0 spiro atoms. The number of halogens is 3. The minimum Gasteiger partial charge on any atom is -0.268 e. The molecule has 0 N–H and O–H groups in total. The van der Waals surface area contributed by atoms with Crippen molar-refractivity contribution >= 4 is 75.3 Å². The van der Waals surface area contributed by atoms with Crippen molar-refractivity contribution in [2.24, 2.45) is 0 Å². The van der Waals surface area contributed by atoms with E-state index in [0.717, 1.165) is 30.6 Å². The van der Waals surface area contributed by atoms with Crippen LogP contribution in [0.4, 0.5) is 9.18 Å². The SMILES string of the molecule is O=C1S/C(=C\c2ccc(Sc3ccc(Cl)cc3)s2)C(=O)N1Cc1c(F)cccc1Cl. The molecule has 3 nitrogen and oxygen atoms in total. The minimum absolute atomic E-state index is 0.125. The molecule has 0 radical (unpaired) electrons. The van der Waals surface area contributed by atoms with E-state index in [-0.39, 0.29) is 17.1 Å². The molecule has 0 saturated carbocycles. The summed E-state index contributed by atoms with van der Waals surface area (Å²) in [6.45, 7) is -0.199. The Morgan fingerprint density at radius 1 is 1.03 bits per heavy atom. The summed E-state index contributed by atoms with van der Waals surface area (Å²) < 4.78 is 15.1. The molecule has 0 atom stereocenters. The molecule has 9 heteroatoms. The number of thiophene rings is 1. The van der Waals surface area contributed by atoms with Gasteiger partial charge in [0.15, 0.2) is 0 Å². The van der Waals surface area contributed by atoms with Crippen LogP contribution in [0.3, 0.4) is 0 Å². The Morgan fingerprint density at radius 2 is 1.80 bits per heavy atom. The molecule has 2 amide bonds. The zero-order valence-electron chi connectivity index (χ0n) is 15.1. The molecule has 1 aliphatic heterocycles. The maximum absolute atomic E-state index is 14.0. The number of carbonyl (C=O) groups excluding carboxylic acids is 2. The number of nitrogens with zero attached hydrogens (tertiary/aromatic N) is 1. The van der Waals surface area contributed by atoms with Crippen LogP contribution in [0.25, 0.3) is 6.08 Å². The molecule has 30 heavy (non-hydrogen) atoms. The molecule has 3 aromatic rings. The monoisotopic (exact) mass is 495 g/mol. The lowest BCUT2D eigenvalue weighted by Crippen LogP contribution is -2.28. The first-order valence-electron chi connectivity index (χ1n) is 8.62. The number of rotatable bonds is 5. The summed E-state index contributed by atoms with van der Waals surface area (Å²) in [6.07, 6.45) is 1.68. The summed E-state index contributed by atoms with van der Waals surface area (Å²) in [5.74, 6) is -1.00. The van der Waals surface area contributed by atoms with Crippen LogP contribution in [-0.4, -0.2) is 16.0 Å². The molecule has 4 rings (SSSR count). The van der Waals surface area contributed by atoms with Crippen molar-refractivity contribution < 1.29 is 14.0 Å². The van der Waals surface area contributed by atoms with Crippen LogP contribution in [0.5, 0.6) is 0 Å². The van der Waals surface area contributed by atoms with Gasteiger partial charge in [-0.1, -0.05) is 41.0 Å². The Bertz CT molecular complexity index is 1140. The molecule has 1 saturated heterocycles. The Hall–Kier alpha value is -1.77. The third kappa shape index (κ3) is 4.76. The topological polar surface area (TPSA) is 37.4 Å². The van der Waals surface area contributed by atoms with Gasteiger partial charge in [-0.3, -0.25) is 14.5 Å². The van der Waals surface area contributed by atoms with Crippen LogP contribution in [0.2, 0.25) is 10.0 Å². The number of amides is 2. The Labute approximate surface area is 194 Å². The molecule has 0 bridgehead atoms. The molecule has 0 unspecified atom stereocenters. The molecule has 2 aromatic carbocycles. The molecule has 1 fully saturated rings. The van der Waals surface area contributed by atoms with Crippen LogP contribution in [0, 0.1) is 5.82 Å². The summed E-state index contributed by atoms with van der Waals surface area (Å²) in [5, 5.41) is 0.414. The highest BCUT2D eigenvalue weighted by molar-refractivity contribution is 8.18. The zero-order valence-corrected chi connectivity index (χ0v) is 19.1. The van der Waals surface area contributed by atoms with Crippen molar-refractivity contribution in [3.8, 4) is 0 Å². The van der Waals surface area contributed by atoms with Crippen molar-refractivity contribution in [2.75, 3.05) is 0 Å². The Morgan fingerprint density at radius 3 is 2.53 bits per heavy atom. The number of hydrogen-bond acceptors (Lipinski definition) is 5. The maximum Gasteiger partial charge on any atom is 0.293 e. The summed E-state index contributed by atoms with van der Waals surface area (Å²) in [6, 6.07) is 15.6. The number of benzene rings is 2. The predicted octanol–water partition coefficient (Wildman–Crippen LogP) is 7.58. The van der Waals surface area contributed by atoms with Crippen LogP contribution in [0.1, 0.15) is 10.4 Å². The molecule has 1 aromatic heterocycles. The fourth-order valence-corrected chi connectivity index (χ4v) is 6.01. The fraction of sp³-hybridized carbons (Fsp3) is 0.0476. The van der Waals surface area contributed by atoms with Gasteiger partial charge < -0.3 is 0 Å². The first-order chi connectivity index (χ1) is 14.4. The van der Waals surface area contributed by atoms with Gasteiger partial charge in [-0.15, -0.1) is 11.3 Å². The molecular weight excluding hydrogens is 484 g/mol. The van der Waals surface area contributed by atoms with Crippen LogP contribution in [-0.2, 0) is 11.3 Å². The van der Waals surface area contributed by atoms with Crippen LogP contribution >= 0.6 is 58.1 Å². The van der Waals surface area contributed by atoms with Gasteiger partial charge in [-0.2, -0.15) is 0 Å². The minimum atomic E-state index is -0.548. The van der Waals surface area contributed by atoms with Crippen molar-refractivity contribution in [3.05, 3.63) is 85.8 Å². The quantitative estimate of drug-likeness (QED) is 0.341. The first kappa shape index (κ1) is 21.5. The Balaban J connectivity index is 1.49. The van der Waals surface area contributed by atoms with Crippen molar-refractivity contribution in [2.45, 2.75) is 15.6 Å². The average Bonchev–Trinajstić information content (AvgIpc) is 3.25. The van der Waals surface area contributed by atoms with E-state index < -0.39 is 17.0 Å². The van der Waals surface area contributed by atoms with Gasteiger partial charge in [0.05, 0.1) is 15.7 Å². The van der Waals surface area contributed by atoms with E-state index in [4.69, 9.17) is 23.2 Å². The normalized spacial score (nSPS) is 15.4. The van der Waals surface area contributed by atoms with Gasteiger partial charge in [0.1, 0.15) is 5.82 Å². The van der Waals surface area contributed by atoms with E-state index in [0.29, 0.717) is 9.93 Å². The van der Waals surface area contributed by atoms with Crippen LogP contribution < -0.4 is 0 Å². The highest BCUT2D eigenvalue weighted by atomic mass is 35.5. The summed E-state index contributed by atoms with van der Waals surface area (Å²) in [7, 11) is 0. The van der Waals surface area contributed by atoms with E-state index in [1.807, 2.05) is 36.4 Å². The lowest BCUT2D eigenvalue weighted by Gasteiger charge is -2.14. The number of thioether (sulfide) groups is 1. The fourth-order valence-electron chi connectivity index (χ4n) is 2.69. The Kier molecular flexibility index (Phi) is 6.55. The number of carbonyl (C=O) groups is 2. The summed E-state index contributed by atoms with van der Waals surface area (Å²) >= 11 is 15.9. The molecule has 0 aliphatic carbocycles. The highest BCUT2D eigenvalue weighted by Gasteiger charge is 2.36. The smallest absolute Gasteiger partial charge is 0.268 e. The summed E-state index contributed by atoms with van der Waals surface area (Å²) in [4.78, 5) is 28.3. The first-order valence-corrected chi connectivity index (χ1v) is 11.8. The standard InChI is InChI=1S/C21H12Cl2FNO2S3/c22-12-4-6-13(7-5-12)28-19-9-8-14(29-19)10-18-20(26)25(21(27)30-18)11-15-16(23)2-1-3-17(15)24/h1-10H,11H2/b18-10-. The highest BCUT2D eigenvalue weighted by Crippen LogP contribution is 2.38. The second kappa shape index (κ2) is 9.16. The number of hydrogen-bond donors (Lipinski definition) is 0. The third-order valence-electron chi connectivity index (χ3n) is 4.16. The van der Waals surface area contributed by atoms with Gasteiger partial charge in [0.25, 0.3) is 11.1 Å². The molecule has 2 heterocycles. The lowest BCUT2D eigenvalue weighted by atomic mass is 10.2. The maximum atomic E-state index is 14.0. The van der Waals surface area contributed by atoms with Crippen molar-refractivity contribution in [3.63, 3.8) is 0 Å². The van der Waals surface area contributed by atoms with E-state index >= 15 is 0 Å². The van der Waals surface area contributed by atoms with E-state index in [1.54, 1.807) is 17.8 Å². The summed E-state index contributed by atoms with van der Waals surface area (Å²) in [5.41, 5.74) is 0.125. The van der Waals surface area contributed by atoms with E-state index in [2.05, 4.69) is 0 Å². The van der Waals surface area contributed by atoms with Gasteiger partial charge in [0.2, 0.25) is 0 Å². The number of imide groups is 1. The van der Waals surface area contributed by atoms with Gasteiger partial charge in [-0.25, -0.2) is 4.39 Å².